The summed E-state index contributed by atoms with van der Waals surface area (Å²) in [6, 6.07) is 2.39. The number of ether oxygens (including phenoxy) is 1. The number of nitriles is 1. The fourth-order valence-electron chi connectivity index (χ4n) is 2.14. The van der Waals surface area contributed by atoms with Gasteiger partial charge in [0.15, 0.2) is 0 Å². The molecule has 0 bridgehead atoms. The molecular weight excluding hydrogens is 216 g/mol. The van der Waals surface area contributed by atoms with Crippen LogP contribution in [0.4, 0.5) is 0 Å². The lowest BCUT2D eigenvalue weighted by Gasteiger charge is -2.16. The van der Waals surface area contributed by atoms with Crippen LogP contribution in [0.2, 0.25) is 0 Å². The molecule has 0 aromatic carbocycles. The number of methoxy groups -OCH3 is 1. The minimum Gasteiger partial charge on any atom is -0.382 e. The Labute approximate surface area is 101 Å². The third kappa shape index (κ3) is 2.47. The van der Waals surface area contributed by atoms with E-state index in [1.165, 1.54) is 12.8 Å². The van der Waals surface area contributed by atoms with Crippen molar-refractivity contribution in [1.82, 2.24) is 15.0 Å². The van der Waals surface area contributed by atoms with E-state index in [1.807, 2.05) is 4.68 Å². The zero-order valence-corrected chi connectivity index (χ0v) is 10.4. The van der Waals surface area contributed by atoms with Gasteiger partial charge in [-0.15, -0.1) is 5.10 Å². The summed E-state index contributed by atoms with van der Waals surface area (Å²) in [5.41, 5.74) is 2.01. The summed E-state index contributed by atoms with van der Waals surface area (Å²) >= 11 is 0. The van der Waals surface area contributed by atoms with Gasteiger partial charge in [0.25, 0.3) is 0 Å². The third-order valence-corrected chi connectivity index (χ3v) is 3.19. The van der Waals surface area contributed by atoms with E-state index in [-0.39, 0.29) is 6.04 Å². The molecule has 0 amide bonds. The molecule has 1 aromatic rings. The first-order chi connectivity index (χ1) is 8.31. The number of nitrogens with zero attached hydrogens (tertiary/aromatic N) is 4. The van der Waals surface area contributed by atoms with E-state index < -0.39 is 0 Å². The minimum atomic E-state index is 0.232. The van der Waals surface area contributed by atoms with Gasteiger partial charge in [0.05, 0.1) is 30.8 Å². The zero-order chi connectivity index (χ0) is 12.3. The van der Waals surface area contributed by atoms with Crippen molar-refractivity contribution in [2.24, 2.45) is 0 Å². The van der Waals surface area contributed by atoms with Gasteiger partial charge in [0.1, 0.15) is 5.69 Å². The number of hydrogen-bond donors (Lipinski definition) is 0. The van der Waals surface area contributed by atoms with Crippen LogP contribution in [0.25, 0.3) is 0 Å². The Bertz CT molecular complexity index is 417. The van der Waals surface area contributed by atoms with E-state index in [0.717, 1.165) is 17.8 Å². The maximum Gasteiger partial charge on any atom is 0.100 e. The standard InChI is InChI=1S/C12H18N4O/c1-3-10(8-17-2)16-12(9-4-5-9)11(6-7-13)14-15-16/h9-10H,3-6,8H2,1-2H3. The quantitative estimate of drug-likeness (QED) is 0.753. The van der Waals surface area contributed by atoms with E-state index in [0.29, 0.717) is 18.9 Å². The Morgan fingerprint density at radius 3 is 2.88 bits per heavy atom. The summed E-state index contributed by atoms with van der Waals surface area (Å²) in [7, 11) is 1.70. The monoisotopic (exact) mass is 234 g/mol. The normalized spacial score (nSPS) is 16.8. The zero-order valence-electron chi connectivity index (χ0n) is 10.4. The van der Waals surface area contributed by atoms with Crippen LogP contribution < -0.4 is 0 Å². The highest BCUT2D eigenvalue weighted by molar-refractivity contribution is 5.23. The molecule has 1 heterocycles. The van der Waals surface area contributed by atoms with Crippen molar-refractivity contribution < 1.29 is 4.74 Å². The summed E-state index contributed by atoms with van der Waals surface area (Å²) in [5.74, 6) is 0.555. The van der Waals surface area contributed by atoms with Crippen LogP contribution >= 0.6 is 0 Å². The van der Waals surface area contributed by atoms with Crippen LogP contribution in [-0.2, 0) is 11.2 Å². The van der Waals surface area contributed by atoms with Crippen LogP contribution in [0.15, 0.2) is 0 Å². The molecular formula is C12H18N4O. The number of aromatic nitrogens is 3. The Kier molecular flexibility index (Phi) is 3.75. The van der Waals surface area contributed by atoms with E-state index in [9.17, 15) is 0 Å². The average molecular weight is 234 g/mol. The average Bonchev–Trinajstić information content (AvgIpc) is 3.09. The van der Waals surface area contributed by atoms with Crippen molar-refractivity contribution >= 4 is 0 Å². The molecule has 1 aliphatic rings. The highest BCUT2D eigenvalue weighted by Gasteiger charge is 2.32. The Balaban J connectivity index is 2.29. The molecule has 0 radical (unpaired) electrons. The summed E-state index contributed by atoms with van der Waals surface area (Å²) in [5, 5.41) is 17.2. The molecule has 0 spiro atoms. The molecule has 1 fully saturated rings. The summed E-state index contributed by atoms with van der Waals surface area (Å²) in [6.45, 7) is 2.76. The molecule has 1 aromatic heterocycles. The van der Waals surface area contributed by atoms with Crippen LogP contribution in [-0.4, -0.2) is 28.7 Å². The van der Waals surface area contributed by atoms with Crippen LogP contribution in [0.1, 0.15) is 49.5 Å². The van der Waals surface area contributed by atoms with Crippen molar-refractivity contribution in [3.8, 4) is 6.07 Å². The smallest absolute Gasteiger partial charge is 0.100 e. The Morgan fingerprint density at radius 1 is 1.59 bits per heavy atom. The fraction of sp³-hybridized carbons (Fsp3) is 0.750. The van der Waals surface area contributed by atoms with Crippen molar-refractivity contribution in [1.29, 1.82) is 5.26 Å². The van der Waals surface area contributed by atoms with Crippen molar-refractivity contribution in [2.75, 3.05) is 13.7 Å². The highest BCUT2D eigenvalue weighted by Crippen LogP contribution is 2.42. The third-order valence-electron chi connectivity index (χ3n) is 3.19. The lowest BCUT2D eigenvalue weighted by molar-refractivity contribution is 0.145. The largest absolute Gasteiger partial charge is 0.382 e. The number of rotatable bonds is 6. The molecule has 1 unspecified atom stereocenters. The van der Waals surface area contributed by atoms with Crippen molar-refractivity contribution in [2.45, 2.75) is 44.6 Å². The molecule has 17 heavy (non-hydrogen) atoms. The molecule has 92 valence electrons. The fourth-order valence-corrected chi connectivity index (χ4v) is 2.14. The molecule has 1 atom stereocenters. The highest BCUT2D eigenvalue weighted by atomic mass is 16.5. The lowest BCUT2D eigenvalue weighted by Crippen LogP contribution is -2.17. The van der Waals surface area contributed by atoms with Gasteiger partial charge in [-0.1, -0.05) is 12.1 Å². The van der Waals surface area contributed by atoms with Gasteiger partial charge in [0.2, 0.25) is 0 Å². The summed E-state index contributed by atoms with van der Waals surface area (Å²) in [4.78, 5) is 0. The maximum absolute atomic E-state index is 8.80. The second kappa shape index (κ2) is 5.28. The first-order valence-corrected chi connectivity index (χ1v) is 6.11. The van der Waals surface area contributed by atoms with Gasteiger partial charge in [-0.3, -0.25) is 0 Å². The van der Waals surface area contributed by atoms with Crippen molar-refractivity contribution in [3.05, 3.63) is 11.4 Å². The Morgan fingerprint density at radius 2 is 2.35 bits per heavy atom. The molecule has 1 saturated carbocycles. The van der Waals surface area contributed by atoms with Gasteiger partial charge in [-0.05, 0) is 19.3 Å². The van der Waals surface area contributed by atoms with Crippen LogP contribution in [0, 0.1) is 11.3 Å². The first-order valence-electron chi connectivity index (χ1n) is 6.11. The van der Waals surface area contributed by atoms with Gasteiger partial charge >= 0.3 is 0 Å². The molecule has 2 rings (SSSR count). The van der Waals surface area contributed by atoms with Gasteiger partial charge < -0.3 is 4.74 Å². The van der Waals surface area contributed by atoms with E-state index in [2.05, 4.69) is 23.3 Å². The SMILES string of the molecule is CCC(COC)n1nnc(CC#N)c1C1CC1. The number of hydrogen-bond acceptors (Lipinski definition) is 4. The van der Waals surface area contributed by atoms with Crippen LogP contribution in [0.3, 0.4) is 0 Å². The predicted octanol–water partition coefficient (Wildman–Crippen LogP) is 1.82. The van der Waals surface area contributed by atoms with Crippen molar-refractivity contribution in [3.63, 3.8) is 0 Å². The predicted molar refractivity (Wildman–Crippen MR) is 62.5 cm³/mol. The lowest BCUT2D eigenvalue weighted by atomic mass is 10.1. The van der Waals surface area contributed by atoms with E-state index in [4.69, 9.17) is 10.00 Å². The van der Waals surface area contributed by atoms with Gasteiger partial charge in [0, 0.05) is 13.0 Å². The molecule has 0 saturated heterocycles. The Hall–Kier alpha value is -1.41. The maximum atomic E-state index is 8.80. The van der Waals surface area contributed by atoms with Crippen LogP contribution in [0.5, 0.6) is 0 Å². The van der Waals surface area contributed by atoms with E-state index in [1.54, 1.807) is 7.11 Å². The topological polar surface area (TPSA) is 63.7 Å². The second-order valence-corrected chi connectivity index (χ2v) is 4.49. The van der Waals surface area contributed by atoms with E-state index >= 15 is 0 Å². The molecule has 5 nitrogen and oxygen atoms in total. The van der Waals surface area contributed by atoms with Gasteiger partial charge in [-0.25, -0.2) is 4.68 Å². The molecule has 1 aliphatic carbocycles. The summed E-state index contributed by atoms with van der Waals surface area (Å²) in [6.07, 6.45) is 3.70. The molecule has 0 N–H and O–H groups in total. The first kappa shape index (κ1) is 12.1. The summed E-state index contributed by atoms with van der Waals surface area (Å²) < 4.78 is 7.20. The molecule has 0 aliphatic heterocycles. The second-order valence-electron chi connectivity index (χ2n) is 4.49. The van der Waals surface area contributed by atoms with Gasteiger partial charge in [-0.2, -0.15) is 5.26 Å². The minimum absolute atomic E-state index is 0.232. The molecule has 5 heteroatoms.